The molecule has 0 aliphatic rings. The fourth-order valence-electron chi connectivity index (χ4n) is 0.780. The van der Waals surface area contributed by atoms with Crippen molar-refractivity contribution >= 4 is 0 Å². The lowest BCUT2D eigenvalue weighted by molar-refractivity contribution is 0.351. The zero-order valence-electron chi connectivity index (χ0n) is 7.59. The summed E-state index contributed by atoms with van der Waals surface area (Å²) in [6, 6.07) is 1.89. The van der Waals surface area contributed by atoms with Crippen LogP contribution >= 0.6 is 0 Å². The number of aromatic nitrogens is 2. The molecule has 1 rings (SSSR count). The quantitative estimate of drug-likeness (QED) is 0.613. The summed E-state index contributed by atoms with van der Waals surface area (Å²) >= 11 is 0. The molecule has 0 N–H and O–H groups in total. The van der Waals surface area contributed by atoms with Gasteiger partial charge in [-0.3, -0.25) is 4.68 Å². The van der Waals surface area contributed by atoms with Crippen LogP contribution < -0.4 is 4.74 Å². The first-order valence-corrected chi connectivity index (χ1v) is 3.77. The Morgan fingerprint density at radius 2 is 2.42 bits per heavy atom. The van der Waals surface area contributed by atoms with Gasteiger partial charge in [-0.05, 0) is 13.8 Å². The van der Waals surface area contributed by atoms with E-state index >= 15 is 0 Å². The van der Waals surface area contributed by atoms with E-state index in [9.17, 15) is 0 Å². The van der Waals surface area contributed by atoms with E-state index in [0.29, 0.717) is 12.5 Å². The van der Waals surface area contributed by atoms with E-state index in [1.807, 2.05) is 20.0 Å². The molecule has 64 valence electrons. The molecule has 0 atom stereocenters. The highest BCUT2D eigenvalue weighted by Crippen LogP contribution is 2.08. The Morgan fingerprint density at radius 3 is 2.92 bits per heavy atom. The molecule has 0 aromatic carbocycles. The van der Waals surface area contributed by atoms with Gasteiger partial charge in [0.25, 0.3) is 0 Å². The average molecular weight is 164 g/mol. The molecule has 3 nitrogen and oxygen atoms in total. The zero-order chi connectivity index (χ0) is 8.97. The molecule has 0 saturated heterocycles. The van der Waals surface area contributed by atoms with E-state index in [0.717, 1.165) is 5.69 Å². The van der Waals surface area contributed by atoms with Gasteiger partial charge in [0.15, 0.2) is 6.61 Å². The van der Waals surface area contributed by atoms with Crippen LogP contribution in [0.5, 0.6) is 5.88 Å². The van der Waals surface area contributed by atoms with Gasteiger partial charge in [-0.15, -0.1) is 11.0 Å². The van der Waals surface area contributed by atoms with Gasteiger partial charge in [-0.25, -0.2) is 0 Å². The Bertz CT molecular complexity index is 298. The van der Waals surface area contributed by atoms with Crippen molar-refractivity contribution in [1.29, 1.82) is 0 Å². The SMILES string of the molecule is CC#CCOc1cc(C)n(C)n1. The monoisotopic (exact) mass is 164 g/mol. The van der Waals surface area contributed by atoms with Crippen molar-refractivity contribution in [3.8, 4) is 17.7 Å². The lowest BCUT2D eigenvalue weighted by atomic mass is 10.5. The number of nitrogens with zero attached hydrogens (tertiary/aromatic N) is 2. The predicted molar refractivity (Wildman–Crippen MR) is 46.9 cm³/mol. The molecule has 12 heavy (non-hydrogen) atoms. The van der Waals surface area contributed by atoms with E-state index in [1.54, 1.807) is 11.6 Å². The number of hydrogen-bond acceptors (Lipinski definition) is 2. The minimum atomic E-state index is 0.410. The van der Waals surface area contributed by atoms with Crippen LogP contribution in [0.4, 0.5) is 0 Å². The Hall–Kier alpha value is -1.43. The first-order valence-electron chi connectivity index (χ1n) is 3.77. The summed E-state index contributed by atoms with van der Waals surface area (Å²) < 4.78 is 7.02. The van der Waals surface area contributed by atoms with Gasteiger partial charge in [0, 0.05) is 18.8 Å². The maximum Gasteiger partial charge on any atom is 0.233 e. The van der Waals surface area contributed by atoms with E-state index in [2.05, 4.69) is 16.9 Å². The maximum absolute atomic E-state index is 5.24. The van der Waals surface area contributed by atoms with E-state index in [4.69, 9.17) is 4.74 Å². The predicted octanol–water partition coefficient (Wildman–Crippen LogP) is 1.13. The highest BCUT2D eigenvalue weighted by atomic mass is 16.5. The third kappa shape index (κ3) is 2.03. The highest BCUT2D eigenvalue weighted by molar-refractivity contribution is 5.14. The van der Waals surface area contributed by atoms with Crippen molar-refractivity contribution in [2.45, 2.75) is 13.8 Å². The first kappa shape index (κ1) is 8.66. The molecular formula is C9H12N2O. The molecule has 1 heterocycles. The summed E-state index contributed by atoms with van der Waals surface area (Å²) in [5.74, 6) is 6.19. The maximum atomic E-state index is 5.24. The van der Waals surface area contributed by atoms with Gasteiger partial charge >= 0.3 is 0 Å². The number of rotatable bonds is 2. The number of aryl methyl sites for hydroxylation is 2. The molecule has 0 fully saturated rings. The molecule has 0 amide bonds. The van der Waals surface area contributed by atoms with Crippen LogP contribution in [-0.4, -0.2) is 16.4 Å². The van der Waals surface area contributed by atoms with Crippen molar-refractivity contribution in [3.63, 3.8) is 0 Å². The van der Waals surface area contributed by atoms with Gasteiger partial charge in [-0.2, -0.15) is 0 Å². The number of hydrogen-bond donors (Lipinski definition) is 0. The van der Waals surface area contributed by atoms with E-state index in [-0.39, 0.29) is 0 Å². The minimum Gasteiger partial charge on any atom is -0.463 e. The van der Waals surface area contributed by atoms with Gasteiger partial charge in [0.2, 0.25) is 5.88 Å². The number of ether oxygens (including phenoxy) is 1. The van der Waals surface area contributed by atoms with Gasteiger partial charge < -0.3 is 4.74 Å². The second-order valence-corrected chi connectivity index (χ2v) is 2.46. The van der Waals surface area contributed by atoms with E-state index < -0.39 is 0 Å². The van der Waals surface area contributed by atoms with Crippen LogP contribution in [0.25, 0.3) is 0 Å². The second kappa shape index (κ2) is 3.82. The summed E-state index contributed by atoms with van der Waals surface area (Å²) in [6.45, 7) is 4.17. The molecule has 1 aromatic heterocycles. The van der Waals surface area contributed by atoms with Crippen molar-refractivity contribution in [1.82, 2.24) is 9.78 Å². The Balaban J connectivity index is 2.56. The lowest BCUT2D eigenvalue weighted by Crippen LogP contribution is -1.96. The third-order valence-corrected chi connectivity index (χ3v) is 1.56. The van der Waals surface area contributed by atoms with Crippen LogP contribution in [-0.2, 0) is 7.05 Å². The summed E-state index contributed by atoms with van der Waals surface area (Å²) in [4.78, 5) is 0. The topological polar surface area (TPSA) is 27.1 Å². The smallest absolute Gasteiger partial charge is 0.233 e. The normalized spacial score (nSPS) is 8.92. The average Bonchev–Trinajstić information content (AvgIpc) is 2.32. The largest absolute Gasteiger partial charge is 0.463 e. The van der Waals surface area contributed by atoms with Crippen molar-refractivity contribution in [2.75, 3.05) is 6.61 Å². The fourth-order valence-corrected chi connectivity index (χ4v) is 0.780. The first-order chi connectivity index (χ1) is 5.74. The van der Waals surface area contributed by atoms with Crippen molar-refractivity contribution in [2.24, 2.45) is 7.05 Å². The summed E-state index contributed by atoms with van der Waals surface area (Å²) in [5.41, 5.74) is 1.08. The van der Waals surface area contributed by atoms with E-state index in [1.165, 1.54) is 0 Å². The van der Waals surface area contributed by atoms with Gasteiger partial charge in [0.05, 0.1) is 0 Å². The molecule has 0 bridgehead atoms. The summed E-state index contributed by atoms with van der Waals surface area (Å²) in [6.07, 6.45) is 0. The molecule has 0 saturated carbocycles. The van der Waals surface area contributed by atoms with Crippen LogP contribution in [0.15, 0.2) is 6.07 Å². The third-order valence-electron chi connectivity index (χ3n) is 1.56. The highest BCUT2D eigenvalue weighted by Gasteiger charge is 1.99. The molecule has 0 aliphatic carbocycles. The molecular weight excluding hydrogens is 152 g/mol. The Morgan fingerprint density at radius 1 is 1.67 bits per heavy atom. The molecule has 1 aromatic rings. The van der Waals surface area contributed by atoms with Crippen molar-refractivity contribution in [3.05, 3.63) is 11.8 Å². The van der Waals surface area contributed by atoms with Crippen LogP contribution in [0.2, 0.25) is 0 Å². The Labute approximate surface area is 72.3 Å². The summed E-state index contributed by atoms with van der Waals surface area (Å²) in [7, 11) is 1.88. The molecule has 3 heteroatoms. The molecule has 0 unspecified atom stereocenters. The molecule has 0 radical (unpaired) electrons. The zero-order valence-corrected chi connectivity index (χ0v) is 7.59. The second-order valence-electron chi connectivity index (χ2n) is 2.46. The standard InChI is InChI=1S/C9H12N2O/c1-4-5-6-12-9-7-8(2)11(3)10-9/h7H,6H2,1-3H3. The molecule has 0 aliphatic heterocycles. The van der Waals surface area contributed by atoms with Crippen molar-refractivity contribution < 1.29 is 4.74 Å². The minimum absolute atomic E-state index is 0.410. The Kier molecular flexibility index (Phi) is 2.76. The van der Waals surface area contributed by atoms with Crippen LogP contribution in [0.3, 0.4) is 0 Å². The molecule has 0 spiro atoms. The van der Waals surface area contributed by atoms with Crippen LogP contribution in [0, 0.1) is 18.8 Å². The lowest BCUT2D eigenvalue weighted by Gasteiger charge is -1.93. The van der Waals surface area contributed by atoms with Gasteiger partial charge in [-0.1, -0.05) is 5.92 Å². The van der Waals surface area contributed by atoms with Crippen LogP contribution in [0.1, 0.15) is 12.6 Å². The van der Waals surface area contributed by atoms with Gasteiger partial charge in [0.1, 0.15) is 0 Å². The summed E-state index contributed by atoms with van der Waals surface area (Å²) in [5, 5.41) is 4.11. The fraction of sp³-hybridized carbons (Fsp3) is 0.444.